The zero-order valence-electron chi connectivity index (χ0n) is 20.2. The number of nitrogens with zero attached hydrogens (tertiary/aromatic N) is 4. The number of rotatable bonds is 10. The van der Waals surface area contributed by atoms with Gasteiger partial charge in [-0.05, 0) is 63.5 Å². The van der Waals surface area contributed by atoms with E-state index in [2.05, 4.69) is 24.7 Å². The van der Waals surface area contributed by atoms with Crippen molar-refractivity contribution in [2.45, 2.75) is 70.9 Å². The Morgan fingerprint density at radius 1 is 1.17 bits per heavy atom. The molecule has 0 saturated heterocycles. The van der Waals surface area contributed by atoms with E-state index in [1.165, 1.54) is 4.68 Å². The van der Waals surface area contributed by atoms with Gasteiger partial charge in [-0.3, -0.25) is 9.48 Å². The number of carboxylic acids is 1. The fourth-order valence-electron chi connectivity index (χ4n) is 4.89. The molecule has 2 aromatic rings. The van der Waals surface area contributed by atoms with E-state index in [1.807, 2.05) is 6.92 Å². The maximum Gasteiger partial charge on any atom is 0.306 e. The van der Waals surface area contributed by atoms with Gasteiger partial charge in [0.1, 0.15) is 11.4 Å². The summed E-state index contributed by atoms with van der Waals surface area (Å²) in [6, 6.07) is 3.56. The maximum atomic E-state index is 12.5. The number of ether oxygens (including phenoxy) is 1. The Bertz CT molecular complexity index is 1150. The van der Waals surface area contributed by atoms with Crippen LogP contribution in [0.15, 0.2) is 12.1 Å². The van der Waals surface area contributed by atoms with E-state index < -0.39 is 16.2 Å². The third-order valence-corrected chi connectivity index (χ3v) is 8.03. The average molecular weight is 507 g/mol. The van der Waals surface area contributed by atoms with Crippen molar-refractivity contribution in [1.29, 1.82) is 0 Å². The van der Waals surface area contributed by atoms with Gasteiger partial charge < -0.3 is 9.84 Å². The number of carbonyl (C=O) groups is 1. The van der Waals surface area contributed by atoms with E-state index >= 15 is 0 Å². The van der Waals surface area contributed by atoms with E-state index in [0.29, 0.717) is 53.8 Å². The third-order valence-electron chi connectivity index (χ3n) is 6.96. The van der Waals surface area contributed by atoms with Crippen molar-refractivity contribution in [1.82, 2.24) is 29.4 Å². The predicted molar refractivity (Wildman–Crippen MR) is 129 cm³/mol. The molecular weight excluding hydrogens is 472 g/mol. The molecule has 192 valence electrons. The molecule has 2 saturated carbocycles. The lowest BCUT2D eigenvalue weighted by atomic mass is 9.87. The summed E-state index contributed by atoms with van der Waals surface area (Å²) in [5, 5.41) is 17.6. The fourth-order valence-corrected chi connectivity index (χ4v) is 5.77. The molecule has 0 spiro atoms. The SMILES string of the molecule is Cc1nc(-c2nnn(C)c2CNS(=O)(=O)NCC2CCCC2)ccc1OC1CCC[C@H](C(=O)O)C1. The van der Waals surface area contributed by atoms with Crippen molar-refractivity contribution >= 4 is 16.2 Å². The van der Waals surface area contributed by atoms with E-state index in [1.54, 1.807) is 19.2 Å². The van der Waals surface area contributed by atoms with Gasteiger partial charge in [-0.25, -0.2) is 9.71 Å². The van der Waals surface area contributed by atoms with Gasteiger partial charge in [-0.2, -0.15) is 13.1 Å². The van der Waals surface area contributed by atoms with Gasteiger partial charge >= 0.3 is 5.97 Å². The summed E-state index contributed by atoms with van der Waals surface area (Å²) in [6.45, 7) is 2.29. The number of carboxylic acid groups (broad SMARTS) is 1. The molecule has 2 heterocycles. The predicted octanol–water partition coefficient (Wildman–Crippen LogP) is 2.32. The highest BCUT2D eigenvalue weighted by molar-refractivity contribution is 7.87. The van der Waals surface area contributed by atoms with Gasteiger partial charge in [0.15, 0.2) is 0 Å². The molecule has 0 radical (unpaired) electrons. The summed E-state index contributed by atoms with van der Waals surface area (Å²) in [6.07, 6.45) is 7.07. The quantitative estimate of drug-likeness (QED) is 0.445. The summed E-state index contributed by atoms with van der Waals surface area (Å²) in [7, 11) is -1.95. The standard InChI is InChI=1S/C23H34N6O5S/c1-15-21(34-18-9-5-8-17(12-18)23(30)31)11-10-19(26-15)22-20(29(2)28-27-22)14-25-35(32,33)24-13-16-6-3-4-7-16/h10-11,16-18,24-25H,3-9,12-14H2,1-2H3,(H,30,31)/t17-,18?/m0/s1. The molecule has 2 aliphatic carbocycles. The first-order chi connectivity index (χ1) is 16.7. The molecule has 35 heavy (non-hydrogen) atoms. The molecule has 1 unspecified atom stereocenters. The number of aryl methyl sites for hydroxylation is 2. The van der Waals surface area contributed by atoms with E-state index in [9.17, 15) is 18.3 Å². The lowest BCUT2D eigenvalue weighted by Gasteiger charge is -2.27. The molecule has 4 rings (SSSR count). The van der Waals surface area contributed by atoms with Gasteiger partial charge in [0.05, 0.1) is 35.6 Å². The monoisotopic (exact) mass is 506 g/mol. The number of aromatic nitrogens is 4. The Labute approximate surface area is 205 Å². The Kier molecular flexibility index (Phi) is 8.02. The van der Waals surface area contributed by atoms with Crippen LogP contribution >= 0.6 is 0 Å². The van der Waals surface area contributed by atoms with Crippen LogP contribution in [-0.2, 0) is 28.6 Å². The van der Waals surface area contributed by atoms with Crippen LogP contribution in [0.5, 0.6) is 5.75 Å². The summed E-state index contributed by atoms with van der Waals surface area (Å²) >= 11 is 0. The first-order valence-corrected chi connectivity index (χ1v) is 13.7. The van der Waals surface area contributed by atoms with Gasteiger partial charge in [0, 0.05) is 13.6 Å². The van der Waals surface area contributed by atoms with E-state index in [0.717, 1.165) is 38.5 Å². The van der Waals surface area contributed by atoms with Crippen LogP contribution in [0.2, 0.25) is 0 Å². The summed E-state index contributed by atoms with van der Waals surface area (Å²) < 4.78 is 37.8. The third kappa shape index (κ3) is 6.56. The first kappa shape index (κ1) is 25.5. The highest BCUT2D eigenvalue weighted by atomic mass is 32.2. The number of nitrogens with one attached hydrogen (secondary N) is 2. The molecule has 2 aromatic heterocycles. The second-order valence-corrected chi connectivity index (χ2v) is 11.1. The molecule has 11 nitrogen and oxygen atoms in total. The minimum Gasteiger partial charge on any atom is -0.489 e. The molecule has 12 heteroatoms. The van der Waals surface area contributed by atoms with Crippen LogP contribution in [0, 0.1) is 18.8 Å². The minimum atomic E-state index is -3.65. The second kappa shape index (κ2) is 11.0. The number of hydrogen-bond donors (Lipinski definition) is 3. The molecule has 2 atom stereocenters. The topological polar surface area (TPSA) is 148 Å². The lowest BCUT2D eigenvalue weighted by Crippen LogP contribution is -2.38. The maximum absolute atomic E-state index is 12.5. The highest BCUT2D eigenvalue weighted by Gasteiger charge is 2.28. The molecule has 3 N–H and O–H groups in total. The van der Waals surface area contributed by atoms with Crippen molar-refractivity contribution in [2.24, 2.45) is 18.9 Å². The number of pyridine rings is 1. The van der Waals surface area contributed by atoms with E-state index in [-0.39, 0.29) is 18.6 Å². The van der Waals surface area contributed by atoms with Crippen molar-refractivity contribution in [3.05, 3.63) is 23.5 Å². The van der Waals surface area contributed by atoms with Crippen molar-refractivity contribution in [2.75, 3.05) is 6.54 Å². The zero-order valence-corrected chi connectivity index (χ0v) is 21.1. The number of hydrogen-bond acceptors (Lipinski definition) is 7. The van der Waals surface area contributed by atoms with Crippen molar-refractivity contribution in [3.63, 3.8) is 0 Å². The second-order valence-electron chi connectivity index (χ2n) is 9.55. The smallest absolute Gasteiger partial charge is 0.306 e. The largest absolute Gasteiger partial charge is 0.489 e. The van der Waals surface area contributed by atoms with Gasteiger partial charge in [0.2, 0.25) is 0 Å². The fraction of sp³-hybridized carbons (Fsp3) is 0.652. The molecular formula is C23H34N6O5S. The van der Waals surface area contributed by atoms with Crippen LogP contribution in [0.3, 0.4) is 0 Å². The molecule has 0 aromatic carbocycles. The average Bonchev–Trinajstić information content (AvgIpc) is 3.48. The summed E-state index contributed by atoms with van der Waals surface area (Å²) in [4.78, 5) is 16.0. The highest BCUT2D eigenvalue weighted by Crippen LogP contribution is 2.30. The minimum absolute atomic E-state index is 0.0243. The summed E-state index contributed by atoms with van der Waals surface area (Å²) in [5.41, 5.74) is 2.29. The first-order valence-electron chi connectivity index (χ1n) is 12.2. The van der Waals surface area contributed by atoms with Gasteiger partial charge in [-0.1, -0.05) is 18.1 Å². The van der Waals surface area contributed by atoms with Crippen LogP contribution in [0.4, 0.5) is 0 Å². The molecule has 0 amide bonds. The van der Waals surface area contributed by atoms with Crippen LogP contribution < -0.4 is 14.2 Å². The van der Waals surface area contributed by atoms with Gasteiger partial charge in [0.25, 0.3) is 10.2 Å². The zero-order chi connectivity index (χ0) is 25.0. The van der Waals surface area contributed by atoms with E-state index in [4.69, 9.17) is 4.74 Å². The Morgan fingerprint density at radius 3 is 2.66 bits per heavy atom. The Balaban J connectivity index is 1.41. The molecule has 2 aliphatic rings. The number of aliphatic carboxylic acids is 1. The Morgan fingerprint density at radius 2 is 1.94 bits per heavy atom. The van der Waals surface area contributed by atoms with Crippen LogP contribution in [0.25, 0.3) is 11.4 Å². The molecule has 0 aliphatic heterocycles. The van der Waals surface area contributed by atoms with Gasteiger partial charge in [-0.15, -0.1) is 5.10 Å². The summed E-state index contributed by atoms with van der Waals surface area (Å²) in [5.74, 6) is -0.146. The van der Waals surface area contributed by atoms with Crippen molar-refractivity contribution in [3.8, 4) is 17.1 Å². The molecule has 0 bridgehead atoms. The van der Waals surface area contributed by atoms with Crippen LogP contribution in [-0.4, -0.2) is 52.1 Å². The normalized spacial score (nSPS) is 21.3. The lowest BCUT2D eigenvalue weighted by molar-refractivity contribution is -0.143. The van der Waals surface area contributed by atoms with Crippen molar-refractivity contribution < 1.29 is 23.1 Å². The molecule has 2 fully saturated rings. The van der Waals surface area contributed by atoms with Crippen LogP contribution in [0.1, 0.15) is 62.8 Å². The Hall–Kier alpha value is -2.57.